The summed E-state index contributed by atoms with van der Waals surface area (Å²) < 4.78 is 13.0. The minimum Gasteiger partial charge on any atom is -0.330 e. The summed E-state index contributed by atoms with van der Waals surface area (Å²) in [6.45, 7) is 2.50. The van der Waals surface area contributed by atoms with Crippen molar-refractivity contribution in [2.75, 3.05) is 6.54 Å². The van der Waals surface area contributed by atoms with Crippen LogP contribution in [0.3, 0.4) is 0 Å². The Morgan fingerprint density at radius 3 is 2.82 bits per heavy atom. The molecule has 0 fully saturated rings. The lowest BCUT2D eigenvalue weighted by molar-refractivity contribution is -0.119. The third kappa shape index (κ3) is 4.44. The van der Waals surface area contributed by atoms with Crippen LogP contribution in [0.15, 0.2) is 18.2 Å². The lowest BCUT2D eigenvalue weighted by Crippen LogP contribution is -2.18. The molecule has 2 nitrogen and oxygen atoms in total. The largest absolute Gasteiger partial charge is 0.330 e. The van der Waals surface area contributed by atoms with Gasteiger partial charge in [-0.1, -0.05) is 24.9 Å². The highest BCUT2D eigenvalue weighted by Crippen LogP contribution is 2.19. The lowest BCUT2D eigenvalue weighted by atomic mass is 9.96. The molecular weight excluding hydrogens is 241 g/mol. The van der Waals surface area contributed by atoms with E-state index in [-0.39, 0.29) is 23.9 Å². The number of benzene rings is 1. The molecule has 0 aliphatic heterocycles. The maximum Gasteiger partial charge on any atom is 0.137 e. The Balaban J connectivity index is 2.64. The van der Waals surface area contributed by atoms with Gasteiger partial charge in [-0.25, -0.2) is 4.39 Å². The molecule has 17 heavy (non-hydrogen) atoms. The van der Waals surface area contributed by atoms with Gasteiger partial charge in [0.15, 0.2) is 0 Å². The van der Waals surface area contributed by atoms with Crippen molar-refractivity contribution in [3.8, 4) is 0 Å². The predicted molar refractivity (Wildman–Crippen MR) is 67.6 cm³/mol. The second kappa shape index (κ2) is 6.72. The number of nitrogens with two attached hydrogens (primary N) is 1. The normalized spacial score (nSPS) is 12.5. The molecule has 0 saturated carbocycles. The smallest absolute Gasteiger partial charge is 0.137 e. The van der Waals surface area contributed by atoms with Gasteiger partial charge in [0, 0.05) is 17.9 Å². The SMILES string of the molecule is CCC(CN)CC(=O)Cc1cc(F)ccc1Cl. The van der Waals surface area contributed by atoms with E-state index in [2.05, 4.69) is 0 Å². The average molecular weight is 258 g/mol. The second-order valence-electron chi connectivity index (χ2n) is 4.17. The first-order valence-corrected chi connectivity index (χ1v) is 6.10. The van der Waals surface area contributed by atoms with Gasteiger partial charge in [-0.3, -0.25) is 4.79 Å². The summed E-state index contributed by atoms with van der Waals surface area (Å²) in [5.74, 6) is -0.118. The molecule has 0 spiro atoms. The van der Waals surface area contributed by atoms with E-state index in [9.17, 15) is 9.18 Å². The molecule has 0 bridgehead atoms. The van der Waals surface area contributed by atoms with Crippen molar-refractivity contribution in [3.63, 3.8) is 0 Å². The fourth-order valence-corrected chi connectivity index (χ4v) is 1.86. The lowest BCUT2D eigenvalue weighted by Gasteiger charge is -2.11. The molecule has 94 valence electrons. The number of hydrogen-bond acceptors (Lipinski definition) is 2. The van der Waals surface area contributed by atoms with Gasteiger partial charge < -0.3 is 5.73 Å². The molecule has 1 unspecified atom stereocenters. The molecule has 1 aromatic carbocycles. The molecule has 2 N–H and O–H groups in total. The zero-order valence-electron chi connectivity index (χ0n) is 9.88. The first kappa shape index (κ1) is 14.1. The van der Waals surface area contributed by atoms with Gasteiger partial charge in [0.25, 0.3) is 0 Å². The van der Waals surface area contributed by atoms with Crippen LogP contribution in [0.5, 0.6) is 0 Å². The number of Topliss-reactive ketones (excluding diaryl/α,β-unsaturated/α-hetero) is 1. The minimum absolute atomic E-state index is 0.0507. The molecule has 1 rings (SSSR count). The van der Waals surface area contributed by atoms with E-state index in [1.165, 1.54) is 18.2 Å². The Labute approximate surface area is 106 Å². The number of carbonyl (C=O) groups is 1. The van der Waals surface area contributed by atoms with Crippen LogP contribution in [0.1, 0.15) is 25.3 Å². The van der Waals surface area contributed by atoms with Crippen molar-refractivity contribution in [2.45, 2.75) is 26.2 Å². The van der Waals surface area contributed by atoms with Crippen LogP contribution in [0.4, 0.5) is 4.39 Å². The first-order chi connectivity index (χ1) is 8.06. The van der Waals surface area contributed by atoms with E-state index in [4.69, 9.17) is 17.3 Å². The third-order valence-electron chi connectivity index (χ3n) is 2.82. The van der Waals surface area contributed by atoms with Crippen LogP contribution in [-0.2, 0) is 11.2 Å². The zero-order chi connectivity index (χ0) is 12.8. The van der Waals surface area contributed by atoms with E-state index in [0.717, 1.165) is 6.42 Å². The number of hydrogen-bond donors (Lipinski definition) is 1. The predicted octanol–water partition coefficient (Wildman–Crippen LogP) is 2.97. The van der Waals surface area contributed by atoms with Crippen LogP contribution >= 0.6 is 11.6 Å². The van der Waals surface area contributed by atoms with Crippen molar-refractivity contribution in [1.29, 1.82) is 0 Å². The van der Waals surface area contributed by atoms with E-state index in [1.807, 2.05) is 6.92 Å². The molecule has 0 aliphatic rings. The molecule has 4 heteroatoms. The van der Waals surface area contributed by atoms with Crippen molar-refractivity contribution >= 4 is 17.4 Å². The van der Waals surface area contributed by atoms with Crippen LogP contribution in [0, 0.1) is 11.7 Å². The Kier molecular flexibility index (Phi) is 5.59. The number of rotatable bonds is 6. The van der Waals surface area contributed by atoms with Gasteiger partial charge in [-0.15, -0.1) is 0 Å². The van der Waals surface area contributed by atoms with Gasteiger partial charge >= 0.3 is 0 Å². The van der Waals surface area contributed by atoms with Crippen LogP contribution < -0.4 is 5.73 Å². The fourth-order valence-electron chi connectivity index (χ4n) is 1.68. The highest BCUT2D eigenvalue weighted by atomic mass is 35.5. The molecule has 0 aromatic heterocycles. The number of carbonyl (C=O) groups excluding carboxylic acids is 1. The standard InChI is InChI=1S/C13H17ClFNO/c1-2-9(8-16)5-12(17)7-10-6-11(15)3-4-13(10)14/h3-4,6,9H,2,5,7-8,16H2,1H3. The Bertz CT molecular complexity index is 391. The highest BCUT2D eigenvalue weighted by Gasteiger charge is 2.13. The van der Waals surface area contributed by atoms with Gasteiger partial charge in [0.05, 0.1) is 0 Å². The summed E-state index contributed by atoms with van der Waals surface area (Å²) in [4.78, 5) is 11.8. The van der Waals surface area contributed by atoms with E-state index in [0.29, 0.717) is 23.6 Å². The van der Waals surface area contributed by atoms with Crippen LogP contribution in [0.2, 0.25) is 5.02 Å². The molecule has 1 aromatic rings. The minimum atomic E-state index is -0.372. The van der Waals surface area contributed by atoms with E-state index in [1.54, 1.807) is 0 Å². The Morgan fingerprint density at radius 2 is 2.24 bits per heavy atom. The Hall–Kier alpha value is -0.930. The molecule has 0 heterocycles. The second-order valence-corrected chi connectivity index (χ2v) is 4.57. The highest BCUT2D eigenvalue weighted by molar-refractivity contribution is 6.31. The van der Waals surface area contributed by atoms with Gasteiger partial charge in [-0.2, -0.15) is 0 Å². The van der Waals surface area contributed by atoms with Crippen molar-refractivity contribution < 1.29 is 9.18 Å². The zero-order valence-corrected chi connectivity index (χ0v) is 10.6. The number of halogens is 2. The van der Waals surface area contributed by atoms with Crippen molar-refractivity contribution in [2.24, 2.45) is 11.7 Å². The molecule has 0 radical (unpaired) electrons. The average Bonchev–Trinajstić information content (AvgIpc) is 2.31. The Morgan fingerprint density at radius 1 is 1.53 bits per heavy atom. The summed E-state index contributed by atoms with van der Waals surface area (Å²) in [6, 6.07) is 4.06. The molecule has 0 amide bonds. The summed E-state index contributed by atoms with van der Waals surface area (Å²) in [6.07, 6.45) is 1.48. The molecular formula is C13H17ClFNO. The van der Waals surface area contributed by atoms with Gasteiger partial charge in [-0.05, 0) is 36.2 Å². The van der Waals surface area contributed by atoms with Gasteiger partial charge in [0.2, 0.25) is 0 Å². The van der Waals surface area contributed by atoms with E-state index < -0.39 is 0 Å². The van der Waals surface area contributed by atoms with Gasteiger partial charge in [0.1, 0.15) is 11.6 Å². The topological polar surface area (TPSA) is 43.1 Å². The molecule has 1 atom stereocenters. The van der Waals surface area contributed by atoms with Crippen LogP contribution in [-0.4, -0.2) is 12.3 Å². The van der Waals surface area contributed by atoms with Crippen LogP contribution in [0.25, 0.3) is 0 Å². The quantitative estimate of drug-likeness (QED) is 0.851. The summed E-state index contributed by atoms with van der Waals surface area (Å²) in [7, 11) is 0. The summed E-state index contributed by atoms with van der Waals surface area (Å²) >= 11 is 5.90. The third-order valence-corrected chi connectivity index (χ3v) is 3.19. The maximum absolute atomic E-state index is 13.0. The van der Waals surface area contributed by atoms with Crippen molar-refractivity contribution in [3.05, 3.63) is 34.6 Å². The van der Waals surface area contributed by atoms with E-state index >= 15 is 0 Å². The summed E-state index contributed by atoms with van der Waals surface area (Å²) in [5, 5.41) is 0.431. The maximum atomic E-state index is 13.0. The molecule has 0 aliphatic carbocycles. The number of ketones is 1. The monoisotopic (exact) mass is 257 g/mol. The summed E-state index contributed by atoms with van der Waals surface area (Å²) in [5.41, 5.74) is 6.09. The fraction of sp³-hybridized carbons (Fsp3) is 0.462. The molecule has 0 saturated heterocycles. The van der Waals surface area contributed by atoms with Crippen molar-refractivity contribution in [1.82, 2.24) is 0 Å². The first-order valence-electron chi connectivity index (χ1n) is 5.72.